The fourth-order valence-corrected chi connectivity index (χ4v) is 7.01. The van der Waals surface area contributed by atoms with Gasteiger partial charge in [-0.05, 0) is 73.7 Å². The minimum Gasteiger partial charge on any atom is -0.121 e. The first kappa shape index (κ1) is 15.7. The van der Waals surface area contributed by atoms with Crippen LogP contribution in [0.3, 0.4) is 0 Å². The van der Waals surface area contributed by atoms with Gasteiger partial charge < -0.3 is 0 Å². The minimum atomic E-state index is 0.153. The van der Waals surface area contributed by atoms with E-state index in [0.717, 1.165) is 16.5 Å². The van der Waals surface area contributed by atoms with Gasteiger partial charge >= 0.3 is 0 Å². The second kappa shape index (κ2) is 6.39. The summed E-state index contributed by atoms with van der Waals surface area (Å²) in [6.07, 6.45) is 0. The summed E-state index contributed by atoms with van der Waals surface area (Å²) in [5.41, 5.74) is 3.65. The van der Waals surface area contributed by atoms with Crippen LogP contribution >= 0.6 is 91.0 Å². The molecule has 0 N–H and O–H groups in total. The van der Waals surface area contributed by atoms with E-state index in [1.54, 1.807) is 11.3 Å². The zero-order valence-electron chi connectivity index (χ0n) is 9.11. The fourth-order valence-electron chi connectivity index (χ4n) is 1.55. The summed E-state index contributed by atoms with van der Waals surface area (Å²) < 4.78 is 4.49. The summed E-state index contributed by atoms with van der Waals surface area (Å²) in [6.45, 7) is 2.08. The molecule has 96 valence electrons. The summed E-state index contributed by atoms with van der Waals surface area (Å²) in [7, 11) is 0. The molecule has 0 fully saturated rings. The number of hydrogen-bond donors (Lipinski definition) is 0. The number of thiophene rings is 1. The van der Waals surface area contributed by atoms with Crippen molar-refractivity contribution in [3.63, 3.8) is 0 Å². The summed E-state index contributed by atoms with van der Waals surface area (Å²) >= 11 is 19.8. The summed E-state index contributed by atoms with van der Waals surface area (Å²) in [6, 6.07) is 6.41. The highest BCUT2D eigenvalue weighted by atomic mass is 79.9. The second-order valence-electron chi connectivity index (χ2n) is 3.77. The highest BCUT2D eigenvalue weighted by Crippen LogP contribution is 2.44. The smallest absolute Gasteiger partial charge is 0.0757 e. The molecule has 0 saturated carbocycles. The van der Waals surface area contributed by atoms with Gasteiger partial charge in [-0.25, -0.2) is 0 Å². The van der Waals surface area contributed by atoms with Crippen LogP contribution in [0.5, 0.6) is 0 Å². The molecule has 0 saturated heterocycles. The van der Waals surface area contributed by atoms with E-state index < -0.39 is 0 Å². The van der Waals surface area contributed by atoms with Gasteiger partial charge in [0.2, 0.25) is 0 Å². The third-order valence-electron chi connectivity index (χ3n) is 2.51. The predicted molar refractivity (Wildman–Crippen MR) is 97.1 cm³/mol. The molecule has 0 nitrogen and oxygen atoms in total. The van der Waals surface area contributed by atoms with Crippen molar-refractivity contribution in [3.05, 3.63) is 51.4 Å². The van der Waals surface area contributed by atoms with Gasteiger partial charge in [0.1, 0.15) is 0 Å². The first-order valence-corrected chi connectivity index (χ1v) is 9.85. The highest BCUT2D eigenvalue weighted by Gasteiger charge is 2.19. The van der Waals surface area contributed by atoms with Gasteiger partial charge in [0.05, 0.1) is 12.4 Å². The molecule has 1 atom stereocenters. The van der Waals surface area contributed by atoms with Crippen LogP contribution in [-0.4, -0.2) is 0 Å². The second-order valence-corrected chi connectivity index (χ2v) is 10.1. The van der Waals surface area contributed by atoms with Crippen molar-refractivity contribution in [1.82, 2.24) is 0 Å². The fraction of sp³-hybridized carbons (Fsp3) is 0.167. The van der Waals surface area contributed by atoms with Crippen LogP contribution < -0.4 is 0 Å². The first-order chi connectivity index (χ1) is 8.40. The molecule has 0 bridgehead atoms. The van der Waals surface area contributed by atoms with E-state index in [1.807, 2.05) is 0 Å². The standard InChI is InChI=1S/C12H7Br5S/c1-5-2-9(14)6(3-8(5)13)11(16)7-4-10(15)18-12(7)17/h2-4,11H,1H3. The Morgan fingerprint density at radius 3 is 2.17 bits per heavy atom. The zero-order chi connectivity index (χ0) is 13.4. The van der Waals surface area contributed by atoms with Crippen LogP contribution in [-0.2, 0) is 0 Å². The summed E-state index contributed by atoms with van der Waals surface area (Å²) in [4.78, 5) is 0.153. The minimum absolute atomic E-state index is 0.153. The quantitative estimate of drug-likeness (QED) is 0.320. The lowest BCUT2D eigenvalue weighted by atomic mass is 10.1. The molecule has 1 unspecified atom stereocenters. The number of benzene rings is 1. The van der Waals surface area contributed by atoms with Crippen molar-refractivity contribution in [3.8, 4) is 0 Å². The molecular formula is C12H7Br5S. The van der Waals surface area contributed by atoms with Crippen LogP contribution in [0.15, 0.2) is 34.7 Å². The number of hydrogen-bond acceptors (Lipinski definition) is 1. The number of aryl methyl sites for hydroxylation is 1. The average molecular weight is 583 g/mol. The topological polar surface area (TPSA) is 0 Å². The van der Waals surface area contributed by atoms with Crippen molar-refractivity contribution in [2.45, 2.75) is 11.8 Å². The normalized spacial score (nSPS) is 12.8. The molecule has 1 aromatic carbocycles. The van der Waals surface area contributed by atoms with Gasteiger partial charge in [-0.3, -0.25) is 0 Å². The first-order valence-electron chi connectivity index (χ1n) is 4.94. The maximum Gasteiger partial charge on any atom is 0.0757 e. The number of rotatable bonds is 2. The monoisotopic (exact) mass is 578 g/mol. The number of alkyl halides is 1. The van der Waals surface area contributed by atoms with Gasteiger partial charge in [-0.15, -0.1) is 11.3 Å². The average Bonchev–Trinajstić information content (AvgIpc) is 2.62. The molecule has 0 amide bonds. The van der Waals surface area contributed by atoms with Crippen LogP contribution in [0, 0.1) is 6.92 Å². The molecular weight excluding hydrogens is 576 g/mol. The molecule has 1 aromatic heterocycles. The van der Waals surface area contributed by atoms with Crippen LogP contribution in [0.25, 0.3) is 0 Å². The summed E-state index contributed by atoms with van der Waals surface area (Å²) in [5.74, 6) is 0. The maximum absolute atomic E-state index is 3.77. The molecule has 18 heavy (non-hydrogen) atoms. The van der Waals surface area contributed by atoms with E-state index in [0.29, 0.717) is 0 Å². The zero-order valence-corrected chi connectivity index (χ0v) is 17.9. The largest absolute Gasteiger partial charge is 0.121 e. The lowest BCUT2D eigenvalue weighted by molar-refractivity contribution is 1.16. The molecule has 0 aliphatic carbocycles. The lowest BCUT2D eigenvalue weighted by Gasteiger charge is -2.13. The van der Waals surface area contributed by atoms with E-state index in [-0.39, 0.29) is 4.83 Å². The van der Waals surface area contributed by atoms with Crippen molar-refractivity contribution in [2.75, 3.05) is 0 Å². The third-order valence-corrected chi connectivity index (χ3v) is 7.42. The Bertz CT molecular complexity index is 590. The third kappa shape index (κ3) is 3.31. The van der Waals surface area contributed by atoms with Crippen molar-refractivity contribution in [2.24, 2.45) is 0 Å². The van der Waals surface area contributed by atoms with E-state index in [2.05, 4.69) is 105 Å². The Balaban J connectivity index is 2.49. The Morgan fingerprint density at radius 1 is 0.944 bits per heavy atom. The SMILES string of the molecule is Cc1cc(Br)c(C(Br)c2cc(Br)sc2Br)cc1Br. The van der Waals surface area contributed by atoms with Crippen molar-refractivity contribution in [1.29, 1.82) is 0 Å². The molecule has 0 aliphatic rings. The predicted octanol–water partition coefficient (Wildman–Crippen LogP) is 7.59. The molecule has 0 aliphatic heterocycles. The number of halogens is 5. The van der Waals surface area contributed by atoms with E-state index >= 15 is 0 Å². The summed E-state index contributed by atoms with van der Waals surface area (Å²) in [5, 5.41) is 0. The highest BCUT2D eigenvalue weighted by molar-refractivity contribution is 9.12. The van der Waals surface area contributed by atoms with Gasteiger partial charge in [-0.1, -0.05) is 47.8 Å². The Labute approximate surface area is 152 Å². The molecule has 6 heteroatoms. The molecule has 2 aromatic rings. The molecule has 0 radical (unpaired) electrons. The molecule has 2 rings (SSSR count). The van der Waals surface area contributed by atoms with Crippen molar-refractivity contribution >= 4 is 91.0 Å². The van der Waals surface area contributed by atoms with Gasteiger partial charge in [0.25, 0.3) is 0 Å². The van der Waals surface area contributed by atoms with E-state index in [1.165, 1.54) is 16.7 Å². The molecule has 0 spiro atoms. The van der Waals surface area contributed by atoms with Crippen LogP contribution in [0.1, 0.15) is 21.5 Å². The van der Waals surface area contributed by atoms with Gasteiger partial charge in [0, 0.05) is 8.95 Å². The van der Waals surface area contributed by atoms with E-state index in [9.17, 15) is 0 Å². The molecule has 1 heterocycles. The van der Waals surface area contributed by atoms with E-state index in [4.69, 9.17) is 0 Å². The van der Waals surface area contributed by atoms with Crippen LogP contribution in [0.4, 0.5) is 0 Å². The Kier molecular flexibility index (Phi) is 5.58. The lowest BCUT2D eigenvalue weighted by Crippen LogP contribution is -1.94. The van der Waals surface area contributed by atoms with Crippen LogP contribution in [0.2, 0.25) is 0 Å². The van der Waals surface area contributed by atoms with Gasteiger partial charge in [0.15, 0.2) is 0 Å². The Hall–Kier alpha value is 1.32. The Morgan fingerprint density at radius 2 is 1.61 bits per heavy atom. The van der Waals surface area contributed by atoms with Gasteiger partial charge in [-0.2, -0.15) is 0 Å². The van der Waals surface area contributed by atoms with Crippen molar-refractivity contribution < 1.29 is 0 Å². The maximum atomic E-state index is 3.77.